The van der Waals surface area contributed by atoms with E-state index in [1.165, 1.54) is 18.2 Å². The molecular weight excluding hydrogens is 436 g/mol. The Balaban J connectivity index is 1.91. The molecule has 5 rings (SSSR count). The van der Waals surface area contributed by atoms with Crippen molar-refractivity contribution in [2.75, 3.05) is 0 Å². The number of hydrogen-bond acceptors (Lipinski definition) is 7. The number of benzene rings is 3. The predicted octanol–water partition coefficient (Wildman–Crippen LogP) is 4.81. The highest BCUT2D eigenvalue weighted by Crippen LogP contribution is 2.42. The molecule has 0 fully saturated rings. The molecule has 0 bridgehead atoms. The van der Waals surface area contributed by atoms with Crippen LogP contribution in [-0.2, 0) is 0 Å². The Hall–Kier alpha value is -4.52. The van der Waals surface area contributed by atoms with Crippen LogP contribution in [0.5, 0.6) is 17.2 Å². The van der Waals surface area contributed by atoms with Crippen molar-refractivity contribution in [3.63, 3.8) is 0 Å². The van der Waals surface area contributed by atoms with Gasteiger partial charge in [0.2, 0.25) is 0 Å². The van der Waals surface area contributed by atoms with Crippen LogP contribution < -0.4 is 11.3 Å². The second-order valence-corrected chi connectivity index (χ2v) is 8.33. The summed E-state index contributed by atoms with van der Waals surface area (Å²) in [5.74, 6) is -2.18. The molecule has 2 aromatic heterocycles. The molecule has 7 nitrogen and oxygen atoms in total. The Labute approximate surface area is 192 Å². The molecule has 5 aromatic rings. The van der Waals surface area contributed by atoms with Gasteiger partial charge in [0.25, 0.3) is 0 Å². The number of aromatic hydroxyl groups is 3. The van der Waals surface area contributed by atoms with Gasteiger partial charge in [-0.3, -0.25) is 0 Å². The van der Waals surface area contributed by atoms with Crippen LogP contribution in [0.15, 0.2) is 79.1 Å². The lowest BCUT2D eigenvalue weighted by molar-refractivity contribution is 0.440. The summed E-state index contributed by atoms with van der Waals surface area (Å²) in [6, 6.07) is 15.8. The number of phenolic OH excluding ortho intramolecular Hbond substituents is 1. The number of hydrogen-bond donors (Lipinski definition) is 3. The van der Waals surface area contributed by atoms with Crippen molar-refractivity contribution in [1.82, 2.24) is 0 Å². The molecule has 170 valence electrons. The fourth-order valence-electron chi connectivity index (χ4n) is 4.30. The zero-order valence-electron chi connectivity index (χ0n) is 18.3. The van der Waals surface area contributed by atoms with Gasteiger partial charge in [0.05, 0.1) is 27.8 Å². The number of aryl methyl sites for hydroxylation is 2. The molecule has 7 heteroatoms. The van der Waals surface area contributed by atoms with Gasteiger partial charge in [-0.15, -0.1) is 0 Å². The Morgan fingerprint density at radius 3 is 1.65 bits per heavy atom. The van der Waals surface area contributed by atoms with Gasteiger partial charge in [0.15, 0.2) is 0 Å². The third kappa shape index (κ3) is 3.38. The average Bonchev–Trinajstić information content (AvgIpc) is 2.77. The highest BCUT2D eigenvalue weighted by atomic mass is 16.4. The third-order valence-electron chi connectivity index (χ3n) is 5.92. The summed E-state index contributed by atoms with van der Waals surface area (Å²) in [7, 11) is 0. The largest absolute Gasteiger partial charge is 0.508 e. The molecule has 0 radical (unpaired) electrons. The average molecular weight is 456 g/mol. The van der Waals surface area contributed by atoms with E-state index >= 15 is 0 Å². The van der Waals surface area contributed by atoms with Crippen LogP contribution in [0.4, 0.5) is 0 Å². The summed E-state index contributed by atoms with van der Waals surface area (Å²) in [5, 5.41) is 33.0. The summed E-state index contributed by atoms with van der Waals surface area (Å²) in [6.45, 7) is 3.64. The Morgan fingerprint density at radius 1 is 0.676 bits per heavy atom. The molecule has 0 amide bonds. The lowest BCUT2D eigenvalue weighted by Crippen LogP contribution is -2.21. The SMILES string of the molecule is Cc1ccc2c(O)c(C(c3cccc(O)c3)c3c(O)c4ccc(C)cc4oc3=O)c(=O)oc2c1. The van der Waals surface area contributed by atoms with Crippen molar-refractivity contribution in [3.05, 3.63) is 109 Å². The highest BCUT2D eigenvalue weighted by Gasteiger charge is 2.32. The monoisotopic (exact) mass is 456 g/mol. The number of rotatable bonds is 3. The first kappa shape index (κ1) is 21.3. The van der Waals surface area contributed by atoms with E-state index in [1.807, 2.05) is 13.8 Å². The minimum absolute atomic E-state index is 0.122. The summed E-state index contributed by atoms with van der Waals surface area (Å²) < 4.78 is 11.0. The fraction of sp³-hybridized carbons (Fsp3) is 0.111. The standard InChI is InChI=1S/C27H20O7/c1-13-6-8-17-19(10-13)33-26(31)22(24(17)29)21(15-4-3-5-16(28)12-15)23-25(30)18-9-7-14(2)11-20(18)34-27(23)32/h3-12,21,28-30H,1-2H3. The van der Waals surface area contributed by atoms with Crippen LogP contribution in [0.3, 0.4) is 0 Å². The molecule has 0 unspecified atom stereocenters. The molecule has 3 aromatic carbocycles. The first-order valence-corrected chi connectivity index (χ1v) is 10.6. The molecule has 34 heavy (non-hydrogen) atoms. The van der Waals surface area contributed by atoms with E-state index in [2.05, 4.69) is 0 Å². The number of fused-ring (bicyclic) bond motifs is 2. The minimum atomic E-state index is -1.28. The van der Waals surface area contributed by atoms with E-state index in [0.717, 1.165) is 11.1 Å². The van der Waals surface area contributed by atoms with Gasteiger partial charge in [-0.05, 0) is 66.9 Å². The molecule has 0 spiro atoms. The second-order valence-electron chi connectivity index (χ2n) is 8.33. The first-order chi connectivity index (χ1) is 16.2. The molecule has 3 N–H and O–H groups in total. The fourth-order valence-corrected chi connectivity index (χ4v) is 4.30. The van der Waals surface area contributed by atoms with E-state index in [9.17, 15) is 24.9 Å². The normalized spacial score (nSPS) is 11.5. The van der Waals surface area contributed by atoms with Gasteiger partial charge in [0.1, 0.15) is 28.4 Å². The second kappa shape index (κ2) is 7.81. The van der Waals surface area contributed by atoms with Gasteiger partial charge in [-0.25, -0.2) is 9.59 Å². The van der Waals surface area contributed by atoms with Crippen LogP contribution in [0.1, 0.15) is 33.7 Å². The highest BCUT2D eigenvalue weighted by molar-refractivity contribution is 5.87. The third-order valence-corrected chi connectivity index (χ3v) is 5.92. The van der Waals surface area contributed by atoms with Crippen molar-refractivity contribution >= 4 is 21.9 Å². The van der Waals surface area contributed by atoms with Gasteiger partial charge in [-0.2, -0.15) is 0 Å². The zero-order chi connectivity index (χ0) is 24.1. The maximum Gasteiger partial charge on any atom is 0.344 e. The van der Waals surface area contributed by atoms with Crippen LogP contribution in [-0.4, -0.2) is 15.3 Å². The molecule has 2 heterocycles. The summed E-state index contributed by atoms with van der Waals surface area (Å²) in [5.41, 5.74) is 0.0387. The van der Waals surface area contributed by atoms with Crippen molar-refractivity contribution in [2.45, 2.75) is 19.8 Å². The van der Waals surface area contributed by atoms with Crippen LogP contribution in [0.25, 0.3) is 21.9 Å². The lowest BCUT2D eigenvalue weighted by Gasteiger charge is -2.20. The van der Waals surface area contributed by atoms with E-state index < -0.39 is 17.2 Å². The van der Waals surface area contributed by atoms with Crippen molar-refractivity contribution in [2.24, 2.45) is 0 Å². The summed E-state index contributed by atoms with van der Waals surface area (Å²) in [4.78, 5) is 26.3. The molecule has 0 atom stereocenters. The summed E-state index contributed by atoms with van der Waals surface area (Å²) >= 11 is 0. The van der Waals surface area contributed by atoms with E-state index in [0.29, 0.717) is 0 Å². The van der Waals surface area contributed by atoms with Crippen molar-refractivity contribution in [1.29, 1.82) is 0 Å². The van der Waals surface area contributed by atoms with Crippen molar-refractivity contribution in [3.8, 4) is 17.2 Å². The molecular formula is C27H20O7. The smallest absolute Gasteiger partial charge is 0.344 e. The summed E-state index contributed by atoms with van der Waals surface area (Å²) in [6.07, 6.45) is 0. The van der Waals surface area contributed by atoms with Gasteiger partial charge < -0.3 is 24.2 Å². The molecule has 0 aliphatic heterocycles. The van der Waals surface area contributed by atoms with Gasteiger partial charge >= 0.3 is 11.3 Å². The predicted molar refractivity (Wildman–Crippen MR) is 127 cm³/mol. The Morgan fingerprint density at radius 2 is 1.18 bits per heavy atom. The van der Waals surface area contributed by atoms with Crippen LogP contribution in [0.2, 0.25) is 0 Å². The zero-order valence-corrected chi connectivity index (χ0v) is 18.3. The molecule has 0 saturated carbocycles. The quantitative estimate of drug-likeness (QED) is 0.333. The van der Waals surface area contributed by atoms with Gasteiger partial charge in [0, 0.05) is 0 Å². The Kier molecular flexibility index (Phi) is 4.90. The Bertz CT molecular complexity index is 1600. The van der Waals surface area contributed by atoms with Gasteiger partial charge in [-0.1, -0.05) is 24.3 Å². The first-order valence-electron chi connectivity index (χ1n) is 10.6. The molecule has 0 aliphatic rings. The maximum absolute atomic E-state index is 13.2. The van der Waals surface area contributed by atoms with E-state index in [1.54, 1.807) is 42.5 Å². The van der Waals surface area contributed by atoms with E-state index in [4.69, 9.17) is 8.83 Å². The lowest BCUT2D eigenvalue weighted by atomic mass is 9.84. The maximum atomic E-state index is 13.2. The molecule has 0 aliphatic carbocycles. The van der Waals surface area contributed by atoms with Crippen molar-refractivity contribution < 1.29 is 24.2 Å². The van der Waals surface area contributed by atoms with Crippen LogP contribution >= 0.6 is 0 Å². The minimum Gasteiger partial charge on any atom is -0.508 e. The van der Waals surface area contributed by atoms with Crippen LogP contribution in [0, 0.1) is 13.8 Å². The van der Waals surface area contributed by atoms with E-state index in [-0.39, 0.29) is 55.9 Å². The number of phenols is 1. The molecule has 0 saturated heterocycles. The topological polar surface area (TPSA) is 121 Å².